The molecule has 3 aromatic rings. The zero-order valence-electron chi connectivity index (χ0n) is 19.9. The highest BCUT2D eigenvalue weighted by molar-refractivity contribution is 6.47. The zero-order valence-corrected chi connectivity index (χ0v) is 19.9. The van der Waals surface area contributed by atoms with Crippen molar-refractivity contribution in [2.75, 3.05) is 0 Å². The van der Waals surface area contributed by atoms with E-state index in [1.807, 2.05) is 36.4 Å². The van der Waals surface area contributed by atoms with E-state index in [9.17, 15) is 24.0 Å². The molecular formula is C27H25NO7. The number of para-hydroxylation sites is 1. The highest BCUT2D eigenvalue weighted by Crippen LogP contribution is 2.39. The quantitative estimate of drug-likeness (QED) is 0.339. The SMILES string of the molecule is CC(=O)C1=C(C)OOc2[nH]c3ccccc3c21.CC(=O)CC(C)=O.O=C1Cc2ccccc2C1=O. The van der Waals surface area contributed by atoms with Crippen molar-refractivity contribution < 1.29 is 33.7 Å². The van der Waals surface area contributed by atoms with Gasteiger partial charge in [0.2, 0.25) is 11.6 Å². The minimum atomic E-state index is -0.333. The Labute approximate surface area is 201 Å². The van der Waals surface area contributed by atoms with Gasteiger partial charge in [-0.05, 0) is 39.3 Å². The second kappa shape index (κ2) is 10.7. The van der Waals surface area contributed by atoms with Crippen LogP contribution in [0.5, 0.6) is 5.88 Å². The molecule has 0 unspecified atom stereocenters. The summed E-state index contributed by atoms with van der Waals surface area (Å²) in [5.74, 6) is 0.209. The number of allylic oxidation sites excluding steroid dienone is 2. The van der Waals surface area contributed by atoms with Gasteiger partial charge >= 0.3 is 0 Å². The van der Waals surface area contributed by atoms with Crippen molar-refractivity contribution in [2.45, 2.75) is 40.5 Å². The summed E-state index contributed by atoms with van der Waals surface area (Å²) in [5.41, 5.74) is 3.73. The van der Waals surface area contributed by atoms with Gasteiger partial charge in [0.05, 0.1) is 17.6 Å². The van der Waals surface area contributed by atoms with Crippen molar-refractivity contribution in [2.24, 2.45) is 0 Å². The maximum absolute atomic E-state index is 11.7. The van der Waals surface area contributed by atoms with Crippen LogP contribution in [-0.4, -0.2) is 33.9 Å². The summed E-state index contributed by atoms with van der Waals surface area (Å²) in [4.78, 5) is 67.0. The first kappa shape index (κ1) is 25.3. The number of carbonyl (C=O) groups is 5. The Kier molecular flexibility index (Phi) is 7.76. The fraction of sp³-hybridized carbons (Fsp3) is 0.222. The van der Waals surface area contributed by atoms with Crippen LogP contribution in [0.15, 0.2) is 54.3 Å². The average Bonchev–Trinajstić information content (AvgIpc) is 3.30. The monoisotopic (exact) mass is 475 g/mol. The number of benzene rings is 2. The Morgan fingerprint density at radius 2 is 1.51 bits per heavy atom. The molecule has 0 fully saturated rings. The molecule has 1 aliphatic heterocycles. The zero-order chi connectivity index (χ0) is 25.7. The van der Waals surface area contributed by atoms with Crippen molar-refractivity contribution in [3.05, 3.63) is 71.0 Å². The number of nitrogens with one attached hydrogen (secondary N) is 1. The number of Topliss-reactive ketones (excluding diaryl/α,β-unsaturated/α-hetero) is 5. The average molecular weight is 475 g/mol. The van der Waals surface area contributed by atoms with E-state index in [-0.39, 0.29) is 41.8 Å². The number of H-pyrrole nitrogens is 1. The lowest BCUT2D eigenvalue weighted by Gasteiger charge is -2.15. The number of aromatic nitrogens is 1. The van der Waals surface area contributed by atoms with Crippen molar-refractivity contribution in [3.8, 4) is 5.88 Å². The second-order valence-corrected chi connectivity index (χ2v) is 8.20. The van der Waals surface area contributed by atoms with Gasteiger partial charge in [-0.25, -0.2) is 0 Å². The predicted molar refractivity (Wildman–Crippen MR) is 129 cm³/mol. The van der Waals surface area contributed by atoms with E-state index in [0.29, 0.717) is 22.8 Å². The molecule has 0 saturated heterocycles. The first-order valence-corrected chi connectivity index (χ1v) is 10.9. The summed E-state index contributed by atoms with van der Waals surface area (Å²) < 4.78 is 0. The summed E-state index contributed by atoms with van der Waals surface area (Å²) >= 11 is 0. The smallest absolute Gasteiger partial charge is 0.257 e. The van der Waals surface area contributed by atoms with Crippen molar-refractivity contribution >= 4 is 45.4 Å². The summed E-state index contributed by atoms with van der Waals surface area (Å²) in [6.07, 6.45) is 0.370. The molecule has 180 valence electrons. The number of hydrogen-bond acceptors (Lipinski definition) is 7. The van der Waals surface area contributed by atoms with E-state index in [1.54, 1.807) is 19.1 Å². The molecule has 8 heteroatoms. The van der Waals surface area contributed by atoms with E-state index >= 15 is 0 Å². The molecule has 2 aromatic carbocycles. The number of carbonyl (C=O) groups excluding carboxylic acids is 5. The van der Waals surface area contributed by atoms with E-state index in [1.165, 1.54) is 20.8 Å². The fourth-order valence-electron chi connectivity index (χ4n) is 3.82. The van der Waals surface area contributed by atoms with Gasteiger partial charge in [-0.3, -0.25) is 33.7 Å². The first-order chi connectivity index (χ1) is 16.6. The predicted octanol–water partition coefficient (Wildman–Crippen LogP) is 4.36. The largest absolute Gasteiger partial charge is 0.321 e. The number of rotatable bonds is 3. The minimum absolute atomic E-state index is 0.0307. The third kappa shape index (κ3) is 5.78. The van der Waals surface area contributed by atoms with E-state index < -0.39 is 0 Å². The number of hydrogen-bond donors (Lipinski definition) is 1. The van der Waals surface area contributed by atoms with Gasteiger partial charge in [0, 0.05) is 22.9 Å². The maximum Gasteiger partial charge on any atom is 0.257 e. The molecule has 0 amide bonds. The molecule has 35 heavy (non-hydrogen) atoms. The third-order valence-electron chi connectivity index (χ3n) is 5.24. The van der Waals surface area contributed by atoms with Crippen molar-refractivity contribution in [1.29, 1.82) is 0 Å². The van der Waals surface area contributed by atoms with Gasteiger partial charge in [-0.2, -0.15) is 0 Å². The van der Waals surface area contributed by atoms with Crippen molar-refractivity contribution in [3.63, 3.8) is 0 Å². The maximum atomic E-state index is 11.7. The normalized spacial score (nSPS) is 13.4. The summed E-state index contributed by atoms with van der Waals surface area (Å²) in [6.45, 7) is 6.06. The topological polar surface area (TPSA) is 120 Å². The molecule has 0 bridgehead atoms. The molecule has 1 aromatic heterocycles. The van der Waals surface area contributed by atoms with Gasteiger partial charge < -0.3 is 4.98 Å². The van der Waals surface area contributed by atoms with Crippen molar-refractivity contribution in [1.82, 2.24) is 4.98 Å². The van der Waals surface area contributed by atoms with Crippen LogP contribution in [0.2, 0.25) is 0 Å². The Morgan fingerprint density at radius 3 is 2.11 bits per heavy atom. The lowest BCUT2D eigenvalue weighted by atomic mass is 10.00. The molecule has 5 rings (SSSR count). The van der Waals surface area contributed by atoms with Crippen LogP contribution < -0.4 is 4.89 Å². The Bertz CT molecular complexity index is 1370. The standard InChI is InChI=1S/C13H11NO3.C9H6O2.C5H8O2/c1-7(15)11-8(2)16-17-13-12(11)9-5-3-4-6-10(9)14-13;10-8-5-6-3-1-2-4-7(6)9(8)11;1-4(6)3-5(2)7/h3-6,14H,1-2H3;1-4H,5H2;3H2,1-2H3. The number of fused-ring (bicyclic) bond motifs is 4. The van der Waals surface area contributed by atoms with E-state index in [2.05, 4.69) is 4.98 Å². The first-order valence-electron chi connectivity index (χ1n) is 10.9. The molecule has 2 aliphatic rings. The van der Waals surface area contributed by atoms with E-state index in [4.69, 9.17) is 9.78 Å². The minimum Gasteiger partial charge on any atom is -0.321 e. The van der Waals surface area contributed by atoms with Gasteiger partial charge in [-0.15, -0.1) is 0 Å². The van der Waals surface area contributed by atoms with Crippen LogP contribution >= 0.6 is 0 Å². The molecular weight excluding hydrogens is 450 g/mol. The van der Waals surface area contributed by atoms with Crippen LogP contribution in [0.25, 0.3) is 16.5 Å². The third-order valence-corrected chi connectivity index (χ3v) is 5.24. The van der Waals surface area contributed by atoms with Gasteiger partial charge in [-0.1, -0.05) is 42.5 Å². The fourth-order valence-corrected chi connectivity index (χ4v) is 3.82. The van der Waals surface area contributed by atoms with Crippen LogP contribution in [0.1, 0.15) is 55.6 Å². The molecule has 1 aliphatic carbocycles. The lowest BCUT2D eigenvalue weighted by molar-refractivity contribution is -0.171. The van der Waals surface area contributed by atoms with Crippen LogP contribution in [0.4, 0.5) is 0 Å². The summed E-state index contributed by atoms with van der Waals surface area (Å²) in [5, 5.41) is 0.968. The Balaban J connectivity index is 0.000000164. The molecule has 0 atom stereocenters. The van der Waals surface area contributed by atoms with Crippen LogP contribution in [-0.2, 0) is 30.5 Å². The van der Waals surface area contributed by atoms with E-state index in [0.717, 1.165) is 22.0 Å². The highest BCUT2D eigenvalue weighted by atomic mass is 17.2. The van der Waals surface area contributed by atoms with Gasteiger partial charge in [0.25, 0.3) is 5.88 Å². The Hall–Kier alpha value is -4.33. The summed E-state index contributed by atoms with van der Waals surface area (Å²) in [6, 6.07) is 14.9. The molecule has 0 saturated carbocycles. The number of aromatic amines is 1. The summed E-state index contributed by atoms with van der Waals surface area (Å²) in [7, 11) is 0. The van der Waals surface area contributed by atoms with Gasteiger partial charge in [0.15, 0.2) is 11.5 Å². The van der Waals surface area contributed by atoms with Gasteiger partial charge in [0.1, 0.15) is 11.6 Å². The second-order valence-electron chi connectivity index (χ2n) is 8.20. The molecule has 0 spiro atoms. The molecule has 1 N–H and O–H groups in total. The lowest BCUT2D eigenvalue weighted by Crippen LogP contribution is -2.10. The van der Waals surface area contributed by atoms with Crippen LogP contribution in [0.3, 0.4) is 0 Å². The number of ketones is 5. The molecule has 0 radical (unpaired) electrons. The molecule has 2 heterocycles. The Morgan fingerprint density at radius 1 is 0.886 bits per heavy atom. The molecule has 8 nitrogen and oxygen atoms in total. The highest BCUT2D eigenvalue weighted by Gasteiger charge is 2.28. The van der Waals surface area contributed by atoms with Crippen LogP contribution in [0, 0.1) is 0 Å².